The van der Waals surface area contributed by atoms with Crippen LogP contribution in [-0.4, -0.2) is 30.4 Å². The SMILES string of the molecule is O=C(O)COc1cccc(/C=C\COC(=O)N(Cc2ccccc2)c2ccccc2)c1. The van der Waals surface area contributed by atoms with Crippen LogP contribution >= 0.6 is 0 Å². The average molecular weight is 417 g/mol. The van der Waals surface area contributed by atoms with Crippen LogP contribution in [0.5, 0.6) is 5.75 Å². The van der Waals surface area contributed by atoms with E-state index in [-0.39, 0.29) is 6.61 Å². The zero-order valence-corrected chi connectivity index (χ0v) is 16.9. The van der Waals surface area contributed by atoms with Crippen molar-refractivity contribution in [3.8, 4) is 5.75 Å². The predicted octanol–water partition coefficient (Wildman–Crippen LogP) is 5.01. The van der Waals surface area contributed by atoms with Crippen molar-refractivity contribution >= 4 is 23.8 Å². The molecule has 6 nitrogen and oxygen atoms in total. The molecule has 1 N–H and O–H groups in total. The second-order valence-electron chi connectivity index (χ2n) is 6.64. The van der Waals surface area contributed by atoms with Gasteiger partial charge in [0.1, 0.15) is 12.4 Å². The Labute approximate surface area is 181 Å². The van der Waals surface area contributed by atoms with Crippen LogP contribution in [0, 0.1) is 0 Å². The summed E-state index contributed by atoms with van der Waals surface area (Å²) in [6, 6.07) is 26.1. The molecule has 3 aromatic carbocycles. The van der Waals surface area contributed by atoms with Gasteiger partial charge in [0.15, 0.2) is 6.61 Å². The van der Waals surface area contributed by atoms with Crippen molar-refractivity contribution in [2.24, 2.45) is 0 Å². The lowest BCUT2D eigenvalue weighted by Gasteiger charge is -2.22. The van der Waals surface area contributed by atoms with E-state index in [1.165, 1.54) is 0 Å². The van der Waals surface area contributed by atoms with Crippen LogP contribution in [0.1, 0.15) is 11.1 Å². The molecule has 0 spiro atoms. The maximum absolute atomic E-state index is 12.8. The standard InChI is InChI=1S/C25H23NO5/c27-24(28)19-31-23-15-7-11-20(17-23)12-8-16-30-25(29)26(22-13-5-2-6-14-22)18-21-9-3-1-4-10-21/h1-15,17H,16,18-19H2,(H,27,28)/b12-8-. The Morgan fingerprint density at radius 1 is 0.903 bits per heavy atom. The monoisotopic (exact) mass is 417 g/mol. The number of carbonyl (C=O) groups is 2. The minimum absolute atomic E-state index is 0.0944. The minimum Gasteiger partial charge on any atom is -0.482 e. The molecule has 0 aliphatic carbocycles. The number of rotatable bonds is 9. The Hall–Kier alpha value is -4.06. The fourth-order valence-corrected chi connectivity index (χ4v) is 2.87. The van der Waals surface area contributed by atoms with E-state index < -0.39 is 18.7 Å². The number of aliphatic carboxylic acids is 1. The lowest BCUT2D eigenvalue weighted by Crippen LogP contribution is -2.31. The molecule has 3 aromatic rings. The summed E-state index contributed by atoms with van der Waals surface area (Å²) in [6.07, 6.45) is 3.06. The number of para-hydroxylation sites is 1. The van der Waals surface area contributed by atoms with Gasteiger partial charge in [0.2, 0.25) is 0 Å². The molecule has 0 aliphatic rings. The fourth-order valence-electron chi connectivity index (χ4n) is 2.87. The third kappa shape index (κ3) is 7.04. The van der Waals surface area contributed by atoms with Crippen molar-refractivity contribution < 1.29 is 24.2 Å². The number of ether oxygens (including phenoxy) is 2. The van der Waals surface area contributed by atoms with Gasteiger partial charge in [0.25, 0.3) is 0 Å². The smallest absolute Gasteiger partial charge is 0.414 e. The van der Waals surface area contributed by atoms with Crippen LogP contribution < -0.4 is 9.64 Å². The molecule has 0 unspecified atom stereocenters. The Kier molecular flexibility index (Phi) is 7.83. The second kappa shape index (κ2) is 11.2. The van der Waals surface area contributed by atoms with Crippen molar-refractivity contribution in [3.63, 3.8) is 0 Å². The highest BCUT2D eigenvalue weighted by atomic mass is 16.6. The normalized spacial score (nSPS) is 10.6. The van der Waals surface area contributed by atoms with E-state index in [0.29, 0.717) is 12.3 Å². The van der Waals surface area contributed by atoms with Crippen LogP contribution in [0.4, 0.5) is 10.5 Å². The molecular formula is C25H23NO5. The van der Waals surface area contributed by atoms with Crippen molar-refractivity contribution in [3.05, 3.63) is 102 Å². The largest absolute Gasteiger partial charge is 0.482 e. The van der Waals surface area contributed by atoms with Gasteiger partial charge in [-0.1, -0.05) is 66.7 Å². The molecule has 0 saturated carbocycles. The predicted molar refractivity (Wildman–Crippen MR) is 119 cm³/mol. The van der Waals surface area contributed by atoms with Gasteiger partial charge < -0.3 is 14.6 Å². The molecule has 0 fully saturated rings. The number of carboxylic acids is 1. The molecule has 0 atom stereocenters. The van der Waals surface area contributed by atoms with Crippen molar-refractivity contribution in [1.82, 2.24) is 0 Å². The molecule has 1 amide bonds. The number of carbonyl (C=O) groups excluding carboxylic acids is 1. The van der Waals surface area contributed by atoms with Crippen LogP contribution in [0.3, 0.4) is 0 Å². The van der Waals surface area contributed by atoms with Gasteiger partial charge in [-0.05, 0) is 41.5 Å². The number of benzene rings is 3. The highest BCUT2D eigenvalue weighted by Gasteiger charge is 2.17. The van der Waals surface area contributed by atoms with Crippen molar-refractivity contribution in [2.75, 3.05) is 18.1 Å². The fraction of sp³-hybridized carbons (Fsp3) is 0.120. The first-order valence-electron chi connectivity index (χ1n) is 9.76. The number of hydrogen-bond donors (Lipinski definition) is 1. The minimum atomic E-state index is -1.04. The van der Waals surface area contributed by atoms with Crippen molar-refractivity contribution in [1.29, 1.82) is 0 Å². The summed E-state index contributed by atoms with van der Waals surface area (Å²) in [4.78, 5) is 25.0. The first kappa shape index (κ1) is 21.6. The molecule has 6 heteroatoms. The summed E-state index contributed by atoms with van der Waals surface area (Å²) in [7, 11) is 0. The van der Waals surface area contributed by atoms with E-state index >= 15 is 0 Å². The summed E-state index contributed by atoms with van der Waals surface area (Å²) in [5.74, 6) is -0.578. The van der Waals surface area contributed by atoms with E-state index in [1.807, 2.05) is 66.7 Å². The Bertz CT molecular complexity index is 1020. The lowest BCUT2D eigenvalue weighted by atomic mass is 10.2. The van der Waals surface area contributed by atoms with E-state index in [0.717, 1.165) is 16.8 Å². The van der Waals surface area contributed by atoms with Gasteiger partial charge in [0.05, 0.1) is 6.54 Å². The van der Waals surface area contributed by atoms with E-state index in [2.05, 4.69) is 0 Å². The van der Waals surface area contributed by atoms with Crippen molar-refractivity contribution in [2.45, 2.75) is 6.54 Å². The molecule has 158 valence electrons. The first-order valence-corrected chi connectivity index (χ1v) is 9.76. The average Bonchev–Trinajstić information content (AvgIpc) is 2.80. The summed E-state index contributed by atoms with van der Waals surface area (Å²) in [5, 5.41) is 8.70. The lowest BCUT2D eigenvalue weighted by molar-refractivity contribution is -0.139. The van der Waals surface area contributed by atoms with Gasteiger partial charge in [-0.3, -0.25) is 4.90 Å². The van der Waals surface area contributed by atoms with Crippen LogP contribution in [0.2, 0.25) is 0 Å². The number of carboxylic acid groups (broad SMARTS) is 1. The summed E-state index contributed by atoms with van der Waals surface area (Å²) in [6.45, 7) is 0.0923. The van der Waals surface area contributed by atoms with Gasteiger partial charge in [-0.25, -0.2) is 9.59 Å². The second-order valence-corrected chi connectivity index (χ2v) is 6.64. The topological polar surface area (TPSA) is 76.1 Å². The zero-order valence-electron chi connectivity index (χ0n) is 16.9. The Balaban J connectivity index is 1.60. The molecule has 0 aliphatic heterocycles. The molecular weight excluding hydrogens is 394 g/mol. The van der Waals surface area contributed by atoms with Gasteiger partial charge >= 0.3 is 12.1 Å². The number of anilines is 1. The summed E-state index contributed by atoms with van der Waals surface area (Å²) >= 11 is 0. The van der Waals surface area contributed by atoms with Crippen LogP contribution in [0.25, 0.3) is 6.08 Å². The van der Waals surface area contributed by atoms with Gasteiger partial charge in [-0.2, -0.15) is 0 Å². The molecule has 31 heavy (non-hydrogen) atoms. The summed E-state index contributed by atoms with van der Waals surface area (Å²) < 4.78 is 10.6. The Morgan fingerprint density at radius 2 is 1.61 bits per heavy atom. The first-order chi connectivity index (χ1) is 15.1. The molecule has 0 heterocycles. The van der Waals surface area contributed by atoms with Gasteiger partial charge in [0, 0.05) is 5.69 Å². The molecule has 3 rings (SSSR count). The van der Waals surface area contributed by atoms with Crippen LogP contribution in [0.15, 0.2) is 91.0 Å². The molecule has 0 bridgehead atoms. The zero-order chi connectivity index (χ0) is 21.9. The van der Waals surface area contributed by atoms with E-state index in [1.54, 1.807) is 35.3 Å². The number of nitrogens with zero attached hydrogens (tertiary/aromatic N) is 1. The third-order valence-electron chi connectivity index (χ3n) is 4.31. The maximum atomic E-state index is 12.8. The molecule has 0 radical (unpaired) electrons. The number of hydrogen-bond acceptors (Lipinski definition) is 4. The third-order valence-corrected chi connectivity index (χ3v) is 4.31. The molecule has 0 aromatic heterocycles. The number of amides is 1. The van der Waals surface area contributed by atoms with E-state index in [4.69, 9.17) is 14.6 Å². The Morgan fingerprint density at radius 3 is 2.32 bits per heavy atom. The van der Waals surface area contributed by atoms with Crippen LogP contribution in [-0.2, 0) is 16.1 Å². The van der Waals surface area contributed by atoms with Gasteiger partial charge in [-0.15, -0.1) is 0 Å². The quantitative estimate of drug-likeness (QED) is 0.530. The molecule has 0 saturated heterocycles. The van der Waals surface area contributed by atoms with E-state index in [9.17, 15) is 9.59 Å². The summed E-state index contributed by atoms with van der Waals surface area (Å²) in [5.41, 5.74) is 2.56. The highest BCUT2D eigenvalue weighted by Crippen LogP contribution is 2.18. The highest BCUT2D eigenvalue weighted by molar-refractivity contribution is 5.87. The maximum Gasteiger partial charge on any atom is 0.414 e.